The predicted octanol–water partition coefficient (Wildman–Crippen LogP) is 3.85. The van der Waals surface area contributed by atoms with E-state index in [-0.39, 0.29) is 9.59 Å². The van der Waals surface area contributed by atoms with Gasteiger partial charge in [0.2, 0.25) is 10.0 Å². The Morgan fingerprint density at radius 3 is 2.71 bits per heavy atom. The number of sulfonamides is 1. The quantitative estimate of drug-likeness (QED) is 0.761. The maximum Gasteiger partial charge on any atom is 0.250 e. The molecule has 1 rings (SSSR count). The lowest BCUT2D eigenvalue weighted by molar-refractivity contribution is 0.578. The van der Waals surface area contributed by atoms with Crippen molar-refractivity contribution in [1.29, 1.82) is 0 Å². The van der Waals surface area contributed by atoms with Crippen molar-refractivity contribution >= 4 is 60.5 Å². The van der Waals surface area contributed by atoms with E-state index in [1.54, 1.807) is 0 Å². The van der Waals surface area contributed by atoms with Gasteiger partial charge in [-0.15, -0.1) is 22.9 Å². The summed E-state index contributed by atoms with van der Waals surface area (Å²) in [4.78, 5) is 0. The van der Waals surface area contributed by atoms with Gasteiger partial charge in [-0.25, -0.2) is 13.1 Å². The van der Waals surface area contributed by atoms with Gasteiger partial charge in [0.15, 0.2) is 0 Å². The van der Waals surface area contributed by atoms with Gasteiger partial charge in [-0.05, 0) is 34.8 Å². The van der Waals surface area contributed by atoms with Gasteiger partial charge in [0, 0.05) is 11.9 Å². The first kappa shape index (κ1) is 15.7. The first-order valence-corrected chi connectivity index (χ1v) is 8.86. The second-order valence-electron chi connectivity index (χ2n) is 3.38. The maximum atomic E-state index is 11.8. The van der Waals surface area contributed by atoms with Crippen molar-refractivity contribution in [3.05, 3.63) is 14.9 Å². The van der Waals surface area contributed by atoms with Crippen LogP contribution in [0.25, 0.3) is 0 Å². The van der Waals surface area contributed by atoms with Gasteiger partial charge >= 0.3 is 0 Å². The van der Waals surface area contributed by atoms with Crippen LogP contribution in [-0.4, -0.2) is 20.3 Å². The van der Waals surface area contributed by atoms with Gasteiger partial charge in [0.25, 0.3) is 0 Å². The minimum Gasteiger partial charge on any atom is -0.210 e. The highest BCUT2D eigenvalue weighted by molar-refractivity contribution is 9.11. The summed E-state index contributed by atoms with van der Waals surface area (Å²) < 4.78 is 27.0. The highest BCUT2D eigenvalue weighted by atomic mass is 79.9. The molecule has 0 saturated carbocycles. The topological polar surface area (TPSA) is 46.2 Å². The van der Waals surface area contributed by atoms with E-state index in [1.807, 2.05) is 6.92 Å². The van der Waals surface area contributed by atoms with Crippen molar-refractivity contribution in [1.82, 2.24) is 4.72 Å². The highest BCUT2D eigenvalue weighted by Gasteiger charge is 2.18. The van der Waals surface area contributed by atoms with E-state index in [4.69, 9.17) is 23.2 Å². The maximum absolute atomic E-state index is 11.8. The van der Waals surface area contributed by atoms with Gasteiger partial charge in [-0.1, -0.05) is 18.5 Å². The fraction of sp³-hybridized carbons (Fsp3) is 0.556. The zero-order chi connectivity index (χ0) is 13.1. The van der Waals surface area contributed by atoms with Crippen LogP contribution in [0.2, 0.25) is 5.02 Å². The summed E-state index contributed by atoms with van der Waals surface area (Å²) in [5.74, 6) is 0. The van der Waals surface area contributed by atoms with Crippen molar-refractivity contribution in [2.45, 2.75) is 29.4 Å². The van der Waals surface area contributed by atoms with E-state index < -0.39 is 10.0 Å². The van der Waals surface area contributed by atoms with Gasteiger partial charge in [-0.3, -0.25) is 0 Å². The zero-order valence-electron chi connectivity index (χ0n) is 9.04. The molecule has 1 aromatic heterocycles. The number of hydrogen-bond donors (Lipinski definition) is 1. The summed E-state index contributed by atoms with van der Waals surface area (Å²) >= 11 is 16.0. The molecule has 17 heavy (non-hydrogen) atoms. The van der Waals surface area contributed by atoms with Crippen LogP contribution in [0, 0.1) is 0 Å². The van der Waals surface area contributed by atoms with Gasteiger partial charge in [0.1, 0.15) is 4.21 Å². The molecular weight excluding hydrogens is 369 g/mol. The van der Waals surface area contributed by atoms with Gasteiger partial charge < -0.3 is 0 Å². The average molecular weight is 381 g/mol. The van der Waals surface area contributed by atoms with E-state index in [0.29, 0.717) is 21.8 Å². The van der Waals surface area contributed by atoms with Crippen LogP contribution in [0.3, 0.4) is 0 Å². The second kappa shape index (κ2) is 6.73. The zero-order valence-corrected chi connectivity index (χ0v) is 13.8. The van der Waals surface area contributed by atoms with Crippen LogP contribution < -0.4 is 4.72 Å². The SMILES string of the molecule is CCC(Cl)CCNS(=O)(=O)c1cc(Cl)c(Br)s1. The number of alkyl halides is 1. The Bertz CT molecular complexity index is 456. The summed E-state index contributed by atoms with van der Waals surface area (Å²) in [6, 6.07) is 1.43. The second-order valence-corrected chi connectivity index (χ2v) is 8.77. The smallest absolute Gasteiger partial charge is 0.210 e. The third kappa shape index (κ3) is 4.69. The van der Waals surface area contributed by atoms with E-state index in [1.165, 1.54) is 6.07 Å². The Morgan fingerprint density at radius 2 is 2.24 bits per heavy atom. The first-order chi connectivity index (χ1) is 7.86. The number of rotatable bonds is 6. The Labute approximate surface area is 124 Å². The number of halogens is 3. The minimum atomic E-state index is -3.47. The van der Waals surface area contributed by atoms with Crippen molar-refractivity contribution in [3.63, 3.8) is 0 Å². The molecule has 8 heteroatoms. The fourth-order valence-electron chi connectivity index (χ4n) is 1.08. The van der Waals surface area contributed by atoms with E-state index in [2.05, 4.69) is 20.7 Å². The number of thiophene rings is 1. The van der Waals surface area contributed by atoms with E-state index >= 15 is 0 Å². The summed E-state index contributed by atoms with van der Waals surface area (Å²) in [6.07, 6.45) is 1.43. The van der Waals surface area contributed by atoms with Crippen molar-refractivity contribution in [3.8, 4) is 0 Å². The molecule has 0 aliphatic carbocycles. The van der Waals surface area contributed by atoms with Crippen LogP contribution in [0.4, 0.5) is 0 Å². The van der Waals surface area contributed by atoms with Crippen LogP contribution in [-0.2, 0) is 10.0 Å². The number of hydrogen-bond acceptors (Lipinski definition) is 3. The molecule has 1 unspecified atom stereocenters. The molecule has 0 spiro atoms. The molecule has 0 saturated heterocycles. The molecule has 0 aromatic carbocycles. The third-order valence-corrected chi connectivity index (χ3v) is 7.02. The van der Waals surface area contributed by atoms with Crippen molar-refractivity contribution in [2.75, 3.05) is 6.54 Å². The lowest BCUT2D eigenvalue weighted by Gasteiger charge is -2.07. The van der Waals surface area contributed by atoms with Crippen LogP contribution in [0.1, 0.15) is 19.8 Å². The standard InChI is InChI=1S/C9H12BrCl2NO2S2/c1-2-6(11)3-4-13-17(14,15)8-5-7(12)9(10)16-8/h5-6,13H,2-4H2,1H3. The lowest BCUT2D eigenvalue weighted by Crippen LogP contribution is -2.25. The molecule has 0 fully saturated rings. The predicted molar refractivity (Wildman–Crippen MR) is 76.8 cm³/mol. The Hall–Kier alpha value is 0.670. The van der Waals surface area contributed by atoms with Crippen LogP contribution >= 0.6 is 50.5 Å². The summed E-state index contributed by atoms with van der Waals surface area (Å²) in [7, 11) is -3.47. The molecule has 0 aliphatic heterocycles. The number of nitrogens with one attached hydrogen (secondary N) is 1. The molecule has 1 atom stereocenters. The monoisotopic (exact) mass is 379 g/mol. The lowest BCUT2D eigenvalue weighted by atomic mass is 10.2. The summed E-state index contributed by atoms with van der Waals surface area (Å²) in [5.41, 5.74) is 0. The molecule has 1 N–H and O–H groups in total. The molecule has 98 valence electrons. The molecule has 3 nitrogen and oxygen atoms in total. The first-order valence-electron chi connectivity index (χ1n) is 4.95. The van der Waals surface area contributed by atoms with Crippen molar-refractivity contribution < 1.29 is 8.42 Å². The Kier molecular flexibility index (Phi) is 6.22. The van der Waals surface area contributed by atoms with Gasteiger partial charge in [0.05, 0.1) is 8.81 Å². The van der Waals surface area contributed by atoms with E-state index in [9.17, 15) is 8.42 Å². The molecular formula is C9H12BrCl2NO2S2. The highest BCUT2D eigenvalue weighted by Crippen LogP contribution is 2.34. The fourth-order valence-corrected chi connectivity index (χ4v) is 4.68. The molecule has 0 aliphatic rings. The average Bonchev–Trinajstić information content (AvgIpc) is 2.59. The summed E-state index contributed by atoms with van der Waals surface area (Å²) in [5, 5.41) is 0.399. The molecule has 0 radical (unpaired) electrons. The molecule has 0 amide bonds. The van der Waals surface area contributed by atoms with Gasteiger partial charge in [-0.2, -0.15) is 0 Å². The Balaban J connectivity index is 2.63. The Morgan fingerprint density at radius 1 is 1.59 bits per heavy atom. The molecule has 0 bridgehead atoms. The van der Waals surface area contributed by atoms with Crippen LogP contribution in [0.5, 0.6) is 0 Å². The largest absolute Gasteiger partial charge is 0.250 e. The van der Waals surface area contributed by atoms with Crippen molar-refractivity contribution in [2.24, 2.45) is 0 Å². The van der Waals surface area contributed by atoms with Crippen LogP contribution in [0.15, 0.2) is 14.1 Å². The van der Waals surface area contributed by atoms with E-state index in [0.717, 1.165) is 17.8 Å². The normalized spacial score (nSPS) is 13.9. The summed E-state index contributed by atoms with van der Waals surface area (Å²) in [6.45, 7) is 2.29. The third-order valence-electron chi connectivity index (χ3n) is 2.08. The molecule has 1 aromatic rings. The minimum absolute atomic E-state index is 0.00337. The molecule has 1 heterocycles.